The van der Waals surface area contributed by atoms with Crippen molar-refractivity contribution >= 4 is 5.78 Å². The molecular formula is C28H41N3O3. The van der Waals surface area contributed by atoms with Gasteiger partial charge in [-0.1, -0.05) is 13.8 Å². The lowest BCUT2D eigenvalue weighted by molar-refractivity contribution is -0.191. The fourth-order valence-corrected chi connectivity index (χ4v) is 9.75. The van der Waals surface area contributed by atoms with E-state index in [1.807, 2.05) is 14.0 Å². The number of carbonyl (C=O) groups excluding carboxylic acids is 1. The Morgan fingerprint density at radius 2 is 2.06 bits per heavy atom. The molecule has 186 valence electrons. The van der Waals surface area contributed by atoms with Crippen molar-refractivity contribution in [2.24, 2.45) is 46.3 Å². The number of aromatic nitrogens is 2. The third-order valence-corrected chi connectivity index (χ3v) is 10.8. The molecule has 0 saturated heterocycles. The Morgan fingerprint density at radius 3 is 2.76 bits per heavy atom. The minimum Gasteiger partial charge on any atom is -0.390 e. The second-order valence-electron chi connectivity index (χ2n) is 12.8. The largest absolute Gasteiger partial charge is 0.390 e. The van der Waals surface area contributed by atoms with Gasteiger partial charge < -0.3 is 9.84 Å². The minimum atomic E-state index is -0.552. The number of nitriles is 1. The number of hydrogen-bond donors (Lipinski definition) is 1. The van der Waals surface area contributed by atoms with Gasteiger partial charge >= 0.3 is 0 Å². The third-order valence-electron chi connectivity index (χ3n) is 10.8. The first-order valence-electron chi connectivity index (χ1n) is 13.3. The molecule has 1 heterocycles. The van der Waals surface area contributed by atoms with Crippen molar-refractivity contribution in [1.29, 1.82) is 5.26 Å². The number of aliphatic hydroxyl groups is 1. The van der Waals surface area contributed by atoms with Crippen LogP contribution in [0.15, 0.2) is 12.4 Å². The van der Waals surface area contributed by atoms with E-state index in [4.69, 9.17) is 10.00 Å². The van der Waals surface area contributed by atoms with Crippen LogP contribution in [0.2, 0.25) is 0 Å². The van der Waals surface area contributed by atoms with E-state index in [-0.39, 0.29) is 29.1 Å². The highest BCUT2D eigenvalue weighted by Gasteiger charge is 2.64. The molecule has 9 atom stereocenters. The zero-order valence-corrected chi connectivity index (χ0v) is 21.3. The van der Waals surface area contributed by atoms with E-state index >= 15 is 0 Å². The molecule has 4 saturated carbocycles. The summed E-state index contributed by atoms with van der Waals surface area (Å²) in [6.07, 6.45) is 11.6. The number of ketones is 1. The lowest BCUT2D eigenvalue weighted by Gasteiger charge is -2.64. The first-order valence-corrected chi connectivity index (χ1v) is 13.3. The third kappa shape index (κ3) is 3.66. The molecule has 4 aliphatic rings. The first kappa shape index (κ1) is 24.0. The van der Waals surface area contributed by atoms with Crippen LogP contribution >= 0.6 is 0 Å². The quantitative estimate of drug-likeness (QED) is 0.683. The van der Waals surface area contributed by atoms with E-state index in [0.717, 1.165) is 45.1 Å². The Kier molecular flexibility index (Phi) is 5.97. The summed E-state index contributed by atoms with van der Waals surface area (Å²) in [7, 11) is 1.84. The second-order valence-corrected chi connectivity index (χ2v) is 12.8. The molecule has 34 heavy (non-hydrogen) atoms. The highest BCUT2D eigenvalue weighted by Crippen LogP contribution is 2.69. The molecule has 5 rings (SSSR count). The molecule has 4 aliphatic carbocycles. The fourth-order valence-electron chi connectivity index (χ4n) is 9.75. The Labute approximate surface area is 204 Å². The topological polar surface area (TPSA) is 88.1 Å². The molecule has 0 aromatic carbocycles. The van der Waals surface area contributed by atoms with Crippen molar-refractivity contribution in [3.05, 3.63) is 18.0 Å². The maximum Gasteiger partial charge on any atom is 0.157 e. The van der Waals surface area contributed by atoms with E-state index < -0.39 is 5.60 Å². The van der Waals surface area contributed by atoms with Gasteiger partial charge in [-0.25, -0.2) is 0 Å². The summed E-state index contributed by atoms with van der Waals surface area (Å²) in [5, 5.41) is 24.2. The average Bonchev–Trinajstić information content (AvgIpc) is 3.37. The number of nitrogens with zero attached hydrogens (tertiary/aromatic N) is 3. The molecule has 6 nitrogen and oxygen atoms in total. The maximum atomic E-state index is 13.5. The molecule has 1 aromatic rings. The Hall–Kier alpha value is -1.71. The summed E-state index contributed by atoms with van der Waals surface area (Å²) in [6, 6.07) is 2.10. The molecule has 1 aromatic heterocycles. The lowest BCUT2D eigenvalue weighted by Crippen LogP contribution is -2.60. The van der Waals surface area contributed by atoms with Gasteiger partial charge in [-0.2, -0.15) is 10.4 Å². The van der Waals surface area contributed by atoms with Crippen molar-refractivity contribution in [2.45, 2.75) is 84.3 Å². The first-order chi connectivity index (χ1) is 16.1. The normalized spacial score (nSPS) is 45.6. The minimum absolute atomic E-state index is 0.0319. The summed E-state index contributed by atoms with van der Waals surface area (Å²) < 4.78 is 7.55. The summed E-state index contributed by atoms with van der Waals surface area (Å²) >= 11 is 0. The molecular weight excluding hydrogens is 426 g/mol. The molecule has 0 bridgehead atoms. The van der Waals surface area contributed by atoms with Crippen molar-refractivity contribution in [3.8, 4) is 6.07 Å². The van der Waals surface area contributed by atoms with E-state index in [1.165, 1.54) is 19.0 Å². The number of methoxy groups -OCH3 is 1. The number of ether oxygens (including phenoxy) is 1. The number of Topliss-reactive ketones (excluding diaryl/α,β-unsaturated/α-hetero) is 1. The highest BCUT2D eigenvalue weighted by atomic mass is 16.5. The van der Waals surface area contributed by atoms with Gasteiger partial charge in [0.25, 0.3) is 0 Å². The summed E-state index contributed by atoms with van der Waals surface area (Å²) in [4.78, 5) is 13.5. The summed E-state index contributed by atoms with van der Waals surface area (Å²) in [5.74, 6) is 3.23. The molecule has 1 unspecified atom stereocenters. The molecule has 0 spiro atoms. The molecule has 0 amide bonds. The standard InChI is InChI=1S/C28H41N3O3/c1-18-11-27(3)22(7-8-23(27)24(32)16-31-15-19(13-29)14-30-31)21-6-5-20-12-26(2,33)9-10-28(20,17-34-4)25(18)21/h14-15,18,20-23,25,33H,5-12,16-17H2,1-4H3/t18-,20-,21+,22+,23-,25+,26-,27+,28?/m1/s1. The van der Waals surface area contributed by atoms with Gasteiger partial charge in [0, 0.05) is 24.6 Å². The van der Waals surface area contributed by atoms with Crippen LogP contribution < -0.4 is 0 Å². The van der Waals surface area contributed by atoms with E-state index in [9.17, 15) is 9.90 Å². The number of hydrogen-bond acceptors (Lipinski definition) is 5. The van der Waals surface area contributed by atoms with Crippen molar-refractivity contribution < 1.29 is 14.6 Å². The molecule has 0 aliphatic heterocycles. The summed E-state index contributed by atoms with van der Waals surface area (Å²) in [5.41, 5.74) is 0.142. The van der Waals surface area contributed by atoms with Gasteiger partial charge in [0.2, 0.25) is 0 Å². The van der Waals surface area contributed by atoms with Crippen LogP contribution in [0.4, 0.5) is 0 Å². The van der Waals surface area contributed by atoms with E-state index in [1.54, 1.807) is 10.9 Å². The van der Waals surface area contributed by atoms with Crippen molar-refractivity contribution in [3.63, 3.8) is 0 Å². The number of fused-ring (bicyclic) bond motifs is 5. The van der Waals surface area contributed by atoms with Gasteiger partial charge in [-0.05, 0) is 93.3 Å². The van der Waals surface area contributed by atoms with Crippen LogP contribution in [0.5, 0.6) is 0 Å². The fraction of sp³-hybridized carbons (Fsp3) is 0.821. The smallest absolute Gasteiger partial charge is 0.157 e. The predicted molar refractivity (Wildman–Crippen MR) is 129 cm³/mol. The molecule has 6 heteroatoms. The predicted octanol–water partition coefficient (Wildman–Crippen LogP) is 4.61. The SMILES string of the molecule is COCC12CC[C@@](C)(O)C[C@H]1CC[C@@H]1[C@@H]2[C@H](C)C[C@]2(C)[C@@H](C(=O)Cn3cc(C#N)cn3)CC[C@@H]12. The van der Waals surface area contributed by atoms with Crippen LogP contribution in [-0.4, -0.2) is 40.0 Å². The maximum absolute atomic E-state index is 13.5. The number of rotatable bonds is 5. The van der Waals surface area contributed by atoms with Crippen molar-refractivity contribution in [2.75, 3.05) is 13.7 Å². The Morgan fingerprint density at radius 1 is 1.26 bits per heavy atom. The lowest BCUT2D eigenvalue weighted by atomic mass is 9.41. The van der Waals surface area contributed by atoms with Gasteiger partial charge in [-0.3, -0.25) is 9.48 Å². The molecule has 1 N–H and O–H groups in total. The monoisotopic (exact) mass is 467 g/mol. The zero-order valence-electron chi connectivity index (χ0n) is 21.3. The molecule has 0 radical (unpaired) electrons. The zero-order chi connectivity index (χ0) is 24.3. The van der Waals surface area contributed by atoms with Crippen LogP contribution in [-0.2, 0) is 16.1 Å². The van der Waals surface area contributed by atoms with Crippen molar-refractivity contribution in [1.82, 2.24) is 9.78 Å². The van der Waals surface area contributed by atoms with Gasteiger partial charge in [0.05, 0.1) is 30.5 Å². The second kappa shape index (κ2) is 8.45. The highest BCUT2D eigenvalue weighted by molar-refractivity contribution is 5.82. The average molecular weight is 468 g/mol. The van der Waals surface area contributed by atoms with Gasteiger partial charge in [0.1, 0.15) is 6.07 Å². The Bertz CT molecular complexity index is 980. The van der Waals surface area contributed by atoms with Gasteiger partial charge in [0.15, 0.2) is 5.78 Å². The number of carbonyl (C=O) groups is 1. The van der Waals surface area contributed by atoms with Crippen LogP contribution in [0, 0.1) is 57.7 Å². The Balaban J connectivity index is 1.40. The van der Waals surface area contributed by atoms with Crippen LogP contribution in [0.3, 0.4) is 0 Å². The van der Waals surface area contributed by atoms with Gasteiger partial charge in [-0.15, -0.1) is 0 Å². The van der Waals surface area contributed by atoms with E-state index in [0.29, 0.717) is 35.2 Å². The van der Waals surface area contributed by atoms with Crippen LogP contribution in [0.25, 0.3) is 0 Å². The summed E-state index contributed by atoms with van der Waals surface area (Å²) in [6.45, 7) is 7.90. The molecule has 4 fully saturated rings. The van der Waals surface area contributed by atoms with E-state index in [2.05, 4.69) is 25.0 Å². The van der Waals surface area contributed by atoms with Crippen LogP contribution in [0.1, 0.15) is 77.7 Å².